The lowest BCUT2D eigenvalue weighted by atomic mass is 9.86. The van der Waals surface area contributed by atoms with Gasteiger partial charge in [0.1, 0.15) is 5.67 Å². The molecular weight excluding hydrogens is 201 g/mol. The van der Waals surface area contributed by atoms with Crippen LogP contribution in [0.5, 0.6) is 0 Å². The van der Waals surface area contributed by atoms with Crippen LogP contribution in [0.25, 0.3) is 0 Å². The predicted octanol–water partition coefficient (Wildman–Crippen LogP) is 4.08. The molecule has 2 heteroatoms. The number of hydrogen-bond donors (Lipinski definition) is 1. The molecule has 0 aromatic heterocycles. The van der Waals surface area contributed by atoms with Gasteiger partial charge < -0.3 is 5.32 Å². The molecule has 0 spiro atoms. The lowest BCUT2D eigenvalue weighted by Crippen LogP contribution is -2.34. The van der Waals surface area contributed by atoms with Gasteiger partial charge in [-0.15, -0.1) is 0 Å². The van der Waals surface area contributed by atoms with Crippen LogP contribution in [0.3, 0.4) is 0 Å². The molecule has 0 aliphatic heterocycles. The van der Waals surface area contributed by atoms with Gasteiger partial charge in [0, 0.05) is 12.2 Å². The van der Waals surface area contributed by atoms with Gasteiger partial charge in [-0.1, -0.05) is 31.4 Å². The van der Waals surface area contributed by atoms with E-state index in [2.05, 4.69) is 24.4 Å². The Balaban J connectivity index is 1.91. The minimum absolute atomic E-state index is 0.455. The van der Waals surface area contributed by atoms with Crippen molar-refractivity contribution in [2.75, 3.05) is 11.9 Å². The lowest BCUT2D eigenvalue weighted by Gasteiger charge is -2.29. The summed E-state index contributed by atoms with van der Waals surface area (Å²) in [5, 5.41) is 3.22. The molecule has 1 N–H and O–H groups in total. The summed E-state index contributed by atoms with van der Waals surface area (Å²) >= 11 is 0. The Morgan fingerprint density at radius 1 is 1.25 bits per heavy atom. The highest BCUT2D eigenvalue weighted by Gasteiger charge is 2.31. The molecule has 0 heterocycles. The van der Waals surface area contributed by atoms with E-state index in [0.717, 1.165) is 18.5 Å². The van der Waals surface area contributed by atoms with Crippen molar-refractivity contribution < 1.29 is 4.39 Å². The molecule has 1 nitrogen and oxygen atoms in total. The number of rotatable bonds is 3. The summed E-state index contributed by atoms with van der Waals surface area (Å²) in [4.78, 5) is 0. The third kappa shape index (κ3) is 2.97. The quantitative estimate of drug-likeness (QED) is 0.811. The molecule has 1 saturated carbocycles. The summed E-state index contributed by atoms with van der Waals surface area (Å²) in [5.41, 5.74) is 1.26. The number of halogens is 1. The van der Waals surface area contributed by atoms with Gasteiger partial charge >= 0.3 is 0 Å². The Morgan fingerprint density at radius 3 is 2.69 bits per heavy atom. The van der Waals surface area contributed by atoms with Crippen molar-refractivity contribution in [3.8, 4) is 0 Å². The van der Waals surface area contributed by atoms with E-state index in [9.17, 15) is 4.39 Å². The molecule has 1 aliphatic carbocycles. The smallest absolute Gasteiger partial charge is 0.128 e. The Hall–Kier alpha value is -1.05. The van der Waals surface area contributed by atoms with Crippen LogP contribution in [0.15, 0.2) is 24.3 Å². The van der Waals surface area contributed by atoms with Crippen molar-refractivity contribution in [1.29, 1.82) is 0 Å². The summed E-state index contributed by atoms with van der Waals surface area (Å²) < 4.78 is 14.3. The van der Waals surface area contributed by atoms with Crippen LogP contribution in [0.2, 0.25) is 0 Å². The SMILES string of the molecule is Cc1cccc(NCC2(F)CCCCC2)c1. The second-order valence-electron chi connectivity index (χ2n) is 4.93. The van der Waals surface area contributed by atoms with Gasteiger partial charge in [-0.25, -0.2) is 4.39 Å². The molecule has 1 aromatic carbocycles. The van der Waals surface area contributed by atoms with Gasteiger partial charge in [0.25, 0.3) is 0 Å². The van der Waals surface area contributed by atoms with Crippen LogP contribution < -0.4 is 5.32 Å². The van der Waals surface area contributed by atoms with E-state index in [1.54, 1.807) is 0 Å². The highest BCUT2D eigenvalue weighted by molar-refractivity contribution is 5.45. The molecule has 0 amide bonds. The topological polar surface area (TPSA) is 12.0 Å². The highest BCUT2D eigenvalue weighted by Crippen LogP contribution is 2.31. The maximum absolute atomic E-state index is 14.3. The van der Waals surface area contributed by atoms with Gasteiger partial charge in [-0.2, -0.15) is 0 Å². The zero-order valence-electron chi connectivity index (χ0n) is 9.93. The molecule has 0 radical (unpaired) electrons. The molecule has 0 unspecified atom stereocenters. The molecule has 2 rings (SSSR count). The molecule has 0 atom stereocenters. The van der Waals surface area contributed by atoms with Crippen LogP contribution in [0.4, 0.5) is 10.1 Å². The van der Waals surface area contributed by atoms with Crippen LogP contribution in [0, 0.1) is 6.92 Å². The molecule has 16 heavy (non-hydrogen) atoms. The van der Waals surface area contributed by atoms with E-state index < -0.39 is 5.67 Å². The van der Waals surface area contributed by atoms with Crippen molar-refractivity contribution in [3.63, 3.8) is 0 Å². The normalized spacial score (nSPS) is 19.4. The summed E-state index contributed by atoms with van der Waals surface area (Å²) in [5.74, 6) is 0. The Labute approximate surface area is 97.1 Å². The largest absolute Gasteiger partial charge is 0.382 e. The minimum Gasteiger partial charge on any atom is -0.382 e. The predicted molar refractivity (Wildman–Crippen MR) is 66.6 cm³/mol. The number of anilines is 1. The van der Waals surface area contributed by atoms with E-state index in [4.69, 9.17) is 0 Å². The maximum atomic E-state index is 14.3. The van der Waals surface area contributed by atoms with Crippen molar-refractivity contribution in [3.05, 3.63) is 29.8 Å². The molecule has 1 fully saturated rings. The summed E-state index contributed by atoms with van der Waals surface area (Å²) in [6.07, 6.45) is 4.69. The van der Waals surface area contributed by atoms with Crippen molar-refractivity contribution in [2.24, 2.45) is 0 Å². The fourth-order valence-electron chi connectivity index (χ4n) is 2.38. The van der Waals surface area contributed by atoms with Gasteiger partial charge in [-0.05, 0) is 37.5 Å². The molecular formula is C14H20FN. The fourth-order valence-corrected chi connectivity index (χ4v) is 2.38. The van der Waals surface area contributed by atoms with Gasteiger partial charge in [-0.3, -0.25) is 0 Å². The van der Waals surface area contributed by atoms with Crippen molar-refractivity contribution in [1.82, 2.24) is 0 Å². The van der Waals surface area contributed by atoms with Crippen LogP contribution in [-0.4, -0.2) is 12.2 Å². The van der Waals surface area contributed by atoms with Crippen LogP contribution in [-0.2, 0) is 0 Å². The molecule has 1 aliphatic rings. The summed E-state index contributed by atoms with van der Waals surface area (Å²) in [6, 6.07) is 8.12. The first kappa shape index (κ1) is 11.4. The molecule has 0 bridgehead atoms. The summed E-state index contributed by atoms with van der Waals surface area (Å²) in [7, 11) is 0. The molecule has 1 aromatic rings. The second-order valence-corrected chi connectivity index (χ2v) is 4.93. The second kappa shape index (κ2) is 4.86. The minimum atomic E-state index is -0.984. The zero-order chi connectivity index (χ0) is 11.4. The molecule has 88 valence electrons. The Morgan fingerprint density at radius 2 is 2.00 bits per heavy atom. The third-order valence-corrected chi connectivity index (χ3v) is 3.38. The Bertz CT molecular complexity index is 342. The highest BCUT2D eigenvalue weighted by atomic mass is 19.1. The lowest BCUT2D eigenvalue weighted by molar-refractivity contribution is 0.122. The van der Waals surface area contributed by atoms with Crippen LogP contribution >= 0.6 is 0 Å². The van der Waals surface area contributed by atoms with Gasteiger partial charge in [0.15, 0.2) is 0 Å². The van der Waals surface area contributed by atoms with Gasteiger partial charge in [0.2, 0.25) is 0 Å². The van der Waals surface area contributed by atoms with E-state index in [1.807, 2.05) is 12.1 Å². The summed E-state index contributed by atoms with van der Waals surface area (Å²) in [6.45, 7) is 2.51. The maximum Gasteiger partial charge on any atom is 0.128 e. The monoisotopic (exact) mass is 221 g/mol. The first-order valence-electron chi connectivity index (χ1n) is 6.17. The average molecular weight is 221 g/mol. The number of aryl methyl sites for hydroxylation is 1. The van der Waals surface area contributed by atoms with Crippen molar-refractivity contribution in [2.45, 2.75) is 44.7 Å². The number of nitrogens with one attached hydrogen (secondary N) is 1. The molecule has 0 saturated heterocycles. The standard InChI is InChI=1S/C14H20FN/c1-12-6-5-7-13(10-12)16-11-14(15)8-3-2-4-9-14/h5-7,10,16H,2-4,8-9,11H2,1H3. The van der Waals surface area contributed by atoms with Gasteiger partial charge in [0.05, 0.1) is 0 Å². The number of alkyl halides is 1. The van der Waals surface area contributed by atoms with Crippen molar-refractivity contribution >= 4 is 5.69 Å². The van der Waals surface area contributed by atoms with E-state index in [0.29, 0.717) is 19.4 Å². The van der Waals surface area contributed by atoms with Crippen LogP contribution in [0.1, 0.15) is 37.7 Å². The van der Waals surface area contributed by atoms with E-state index in [1.165, 1.54) is 12.0 Å². The van der Waals surface area contributed by atoms with E-state index >= 15 is 0 Å². The first-order chi connectivity index (χ1) is 7.68. The first-order valence-corrected chi connectivity index (χ1v) is 6.17. The zero-order valence-corrected chi connectivity index (χ0v) is 9.93. The number of hydrogen-bond acceptors (Lipinski definition) is 1. The Kier molecular flexibility index (Phi) is 3.47. The van der Waals surface area contributed by atoms with E-state index in [-0.39, 0.29) is 0 Å². The number of benzene rings is 1. The third-order valence-electron chi connectivity index (χ3n) is 3.38. The average Bonchev–Trinajstić information content (AvgIpc) is 2.28. The fraction of sp³-hybridized carbons (Fsp3) is 0.571.